The molecule has 2 N–H and O–H groups in total. The quantitative estimate of drug-likeness (QED) is 0.837. The van der Waals surface area contributed by atoms with E-state index in [4.69, 9.17) is 0 Å². The fourth-order valence-corrected chi connectivity index (χ4v) is 3.41. The van der Waals surface area contributed by atoms with Crippen LogP contribution in [0.2, 0.25) is 0 Å². The average molecular weight is 333 g/mol. The fraction of sp³-hybridized carbons (Fsp3) is 0.684. The first-order chi connectivity index (χ1) is 11.3. The molecule has 1 fully saturated rings. The monoisotopic (exact) mass is 333 g/mol. The molecule has 1 aliphatic carbocycles. The van der Waals surface area contributed by atoms with Crippen molar-refractivity contribution in [1.82, 2.24) is 15.2 Å². The molecule has 1 aliphatic rings. The minimum atomic E-state index is -0.921. The molecule has 0 bridgehead atoms. The highest BCUT2D eigenvalue weighted by molar-refractivity contribution is 5.75. The van der Waals surface area contributed by atoms with Crippen LogP contribution in [0, 0.1) is 5.92 Å². The van der Waals surface area contributed by atoms with Crippen molar-refractivity contribution in [2.24, 2.45) is 5.92 Å². The van der Waals surface area contributed by atoms with Crippen molar-refractivity contribution in [2.75, 3.05) is 6.54 Å². The van der Waals surface area contributed by atoms with E-state index in [1.54, 1.807) is 24.9 Å². The van der Waals surface area contributed by atoms with Crippen molar-refractivity contribution in [3.05, 3.63) is 30.1 Å². The van der Waals surface area contributed by atoms with Crippen LogP contribution in [0.1, 0.15) is 65.1 Å². The highest BCUT2D eigenvalue weighted by atomic mass is 16.3. The Labute approximate surface area is 145 Å². The van der Waals surface area contributed by atoms with Gasteiger partial charge in [0, 0.05) is 12.2 Å². The number of carbonyl (C=O) groups is 1. The molecular weight excluding hydrogens is 302 g/mol. The Balaban J connectivity index is 2.16. The zero-order valence-electron chi connectivity index (χ0n) is 15.3. The van der Waals surface area contributed by atoms with E-state index in [0.29, 0.717) is 12.5 Å². The number of urea groups is 1. The highest BCUT2D eigenvalue weighted by Crippen LogP contribution is 2.35. The van der Waals surface area contributed by atoms with E-state index >= 15 is 0 Å². The summed E-state index contributed by atoms with van der Waals surface area (Å²) in [6.07, 6.45) is 6.44. The van der Waals surface area contributed by atoms with Crippen LogP contribution in [-0.4, -0.2) is 39.2 Å². The summed E-state index contributed by atoms with van der Waals surface area (Å²) in [6.45, 7) is 7.69. The molecule has 5 nitrogen and oxygen atoms in total. The average Bonchev–Trinajstić information content (AvgIpc) is 3.04. The number of rotatable bonds is 6. The molecule has 2 rings (SSSR count). The minimum absolute atomic E-state index is 0.0179. The molecule has 5 heteroatoms. The van der Waals surface area contributed by atoms with Gasteiger partial charge in [0.25, 0.3) is 0 Å². The number of pyridine rings is 1. The Hall–Kier alpha value is -1.62. The molecule has 0 aliphatic heterocycles. The first-order valence-electron chi connectivity index (χ1n) is 8.98. The van der Waals surface area contributed by atoms with E-state index < -0.39 is 5.60 Å². The molecular formula is C19H31N3O2. The first kappa shape index (κ1) is 18.7. The van der Waals surface area contributed by atoms with Crippen LogP contribution in [-0.2, 0) is 0 Å². The molecule has 0 spiro atoms. The molecule has 134 valence electrons. The number of hydrogen-bond acceptors (Lipinski definition) is 3. The Bertz CT molecular complexity index is 519. The van der Waals surface area contributed by atoms with Crippen molar-refractivity contribution in [2.45, 2.75) is 71.1 Å². The molecule has 1 saturated carbocycles. The van der Waals surface area contributed by atoms with Gasteiger partial charge in [-0.05, 0) is 58.6 Å². The van der Waals surface area contributed by atoms with Crippen molar-refractivity contribution in [3.63, 3.8) is 0 Å². The summed E-state index contributed by atoms with van der Waals surface area (Å²) in [4.78, 5) is 19.1. The summed E-state index contributed by atoms with van der Waals surface area (Å²) < 4.78 is 0. The molecule has 1 atom stereocenters. The van der Waals surface area contributed by atoms with Gasteiger partial charge in [-0.1, -0.05) is 18.9 Å². The lowest BCUT2D eigenvalue weighted by Gasteiger charge is -2.34. The summed E-state index contributed by atoms with van der Waals surface area (Å²) in [5, 5.41) is 13.3. The lowest BCUT2D eigenvalue weighted by molar-refractivity contribution is 0.0378. The maximum atomic E-state index is 12.9. The summed E-state index contributed by atoms with van der Waals surface area (Å²) in [5.41, 5.74) is -0.000136. The fourth-order valence-electron chi connectivity index (χ4n) is 3.41. The van der Waals surface area contributed by atoms with Crippen molar-refractivity contribution >= 4 is 6.03 Å². The molecule has 0 saturated heterocycles. The molecule has 1 heterocycles. The SMILES string of the molecule is CC(C)N(CC(C)(C)O)C(=O)N[C@@H](c1ccccn1)C1CCCC1. The number of carbonyl (C=O) groups excluding carboxylic acids is 1. The Kier molecular flexibility index (Phi) is 6.21. The number of amides is 2. The maximum Gasteiger partial charge on any atom is 0.318 e. The third-order valence-corrected chi connectivity index (χ3v) is 4.60. The van der Waals surface area contributed by atoms with Crippen molar-refractivity contribution < 1.29 is 9.90 Å². The summed E-state index contributed by atoms with van der Waals surface area (Å²) in [5.74, 6) is 0.431. The van der Waals surface area contributed by atoms with Crippen LogP contribution in [0.5, 0.6) is 0 Å². The van der Waals surface area contributed by atoms with Gasteiger partial charge in [0.1, 0.15) is 0 Å². The molecule has 0 unspecified atom stereocenters. The molecule has 2 amide bonds. The second kappa shape index (κ2) is 7.97. The number of nitrogens with one attached hydrogen (secondary N) is 1. The van der Waals surface area contributed by atoms with Crippen LogP contribution in [0.4, 0.5) is 4.79 Å². The number of aliphatic hydroxyl groups is 1. The largest absolute Gasteiger partial charge is 0.389 e. The lowest BCUT2D eigenvalue weighted by atomic mass is 9.95. The molecule has 1 aromatic rings. The van der Waals surface area contributed by atoms with Gasteiger partial charge in [-0.15, -0.1) is 0 Å². The van der Waals surface area contributed by atoms with E-state index in [-0.39, 0.29) is 18.1 Å². The summed E-state index contributed by atoms with van der Waals surface area (Å²) >= 11 is 0. The highest BCUT2D eigenvalue weighted by Gasteiger charge is 2.32. The normalized spacial score (nSPS) is 17.1. The van der Waals surface area contributed by atoms with Gasteiger partial charge in [0.05, 0.1) is 23.9 Å². The second-order valence-corrected chi connectivity index (χ2v) is 7.76. The summed E-state index contributed by atoms with van der Waals surface area (Å²) in [7, 11) is 0. The van der Waals surface area contributed by atoms with Gasteiger partial charge in [-0.25, -0.2) is 4.79 Å². The van der Waals surface area contributed by atoms with E-state index in [1.807, 2.05) is 32.0 Å². The van der Waals surface area contributed by atoms with E-state index in [2.05, 4.69) is 10.3 Å². The lowest BCUT2D eigenvalue weighted by Crippen LogP contribution is -2.51. The number of nitrogens with zero attached hydrogens (tertiary/aromatic N) is 2. The van der Waals surface area contributed by atoms with Crippen LogP contribution in [0.15, 0.2) is 24.4 Å². The molecule has 0 aromatic carbocycles. The predicted octanol–water partition coefficient (Wildman–Crippen LogP) is 3.50. The first-order valence-corrected chi connectivity index (χ1v) is 8.98. The zero-order valence-corrected chi connectivity index (χ0v) is 15.3. The van der Waals surface area contributed by atoms with Crippen molar-refractivity contribution in [3.8, 4) is 0 Å². The maximum absolute atomic E-state index is 12.9. The van der Waals surface area contributed by atoms with E-state index in [9.17, 15) is 9.90 Å². The predicted molar refractivity (Wildman–Crippen MR) is 95.6 cm³/mol. The minimum Gasteiger partial charge on any atom is -0.389 e. The Morgan fingerprint density at radius 1 is 1.38 bits per heavy atom. The topological polar surface area (TPSA) is 65.5 Å². The third-order valence-electron chi connectivity index (χ3n) is 4.60. The van der Waals surface area contributed by atoms with Gasteiger partial charge in [-0.2, -0.15) is 0 Å². The van der Waals surface area contributed by atoms with Crippen LogP contribution in [0.3, 0.4) is 0 Å². The Morgan fingerprint density at radius 3 is 2.54 bits per heavy atom. The second-order valence-electron chi connectivity index (χ2n) is 7.76. The van der Waals surface area contributed by atoms with Crippen LogP contribution < -0.4 is 5.32 Å². The van der Waals surface area contributed by atoms with E-state index in [1.165, 1.54) is 12.8 Å². The van der Waals surface area contributed by atoms with E-state index in [0.717, 1.165) is 18.5 Å². The van der Waals surface area contributed by atoms with Gasteiger partial charge in [0.15, 0.2) is 0 Å². The number of hydrogen-bond donors (Lipinski definition) is 2. The summed E-state index contributed by atoms with van der Waals surface area (Å²) in [6, 6.07) is 5.67. The Morgan fingerprint density at radius 2 is 2.04 bits per heavy atom. The molecule has 1 aromatic heterocycles. The van der Waals surface area contributed by atoms with Gasteiger partial charge in [0.2, 0.25) is 0 Å². The third kappa shape index (κ3) is 5.20. The van der Waals surface area contributed by atoms with Gasteiger partial charge in [-0.3, -0.25) is 4.98 Å². The number of aromatic nitrogens is 1. The standard InChI is InChI=1S/C19H31N3O2/c1-14(2)22(13-19(3,4)24)18(23)21-17(15-9-5-6-10-15)16-11-7-8-12-20-16/h7-8,11-12,14-15,17,24H,5-6,9-10,13H2,1-4H3,(H,21,23)/t17-/m1/s1. The smallest absolute Gasteiger partial charge is 0.318 e. The van der Waals surface area contributed by atoms with Gasteiger partial charge < -0.3 is 15.3 Å². The van der Waals surface area contributed by atoms with Crippen LogP contribution >= 0.6 is 0 Å². The molecule has 24 heavy (non-hydrogen) atoms. The van der Waals surface area contributed by atoms with Crippen molar-refractivity contribution in [1.29, 1.82) is 0 Å². The van der Waals surface area contributed by atoms with Gasteiger partial charge >= 0.3 is 6.03 Å². The molecule has 0 radical (unpaired) electrons. The van der Waals surface area contributed by atoms with Crippen LogP contribution in [0.25, 0.3) is 0 Å². The zero-order chi connectivity index (χ0) is 17.7.